The standard InChI is InChI=1S/C15H17ClF3NO/c16-9-1-3-13-4-2-10-20(13)14(21)11-5-7-12(8-6-11)15(17,18)19/h5-8,13H,1-4,9-10H2. The molecule has 1 aliphatic heterocycles. The second-order valence-corrected chi connectivity index (χ2v) is 5.58. The van der Waals surface area contributed by atoms with Gasteiger partial charge in [-0.1, -0.05) is 0 Å². The lowest BCUT2D eigenvalue weighted by molar-refractivity contribution is -0.137. The van der Waals surface area contributed by atoms with Gasteiger partial charge in [0.1, 0.15) is 0 Å². The first-order valence-electron chi connectivity index (χ1n) is 6.97. The fraction of sp³-hybridized carbons (Fsp3) is 0.533. The Bertz CT molecular complexity index is 487. The highest BCUT2D eigenvalue weighted by Gasteiger charge is 2.32. The number of hydrogen-bond donors (Lipinski definition) is 0. The first kappa shape index (κ1) is 16.1. The van der Waals surface area contributed by atoms with Crippen molar-refractivity contribution >= 4 is 17.5 Å². The number of halogens is 4. The van der Waals surface area contributed by atoms with E-state index in [9.17, 15) is 18.0 Å². The summed E-state index contributed by atoms with van der Waals surface area (Å²) in [5, 5.41) is 0. The Labute approximate surface area is 126 Å². The van der Waals surface area contributed by atoms with Gasteiger partial charge in [0.25, 0.3) is 5.91 Å². The molecule has 0 saturated carbocycles. The number of nitrogens with zero attached hydrogens (tertiary/aromatic N) is 1. The molecule has 2 rings (SSSR count). The summed E-state index contributed by atoms with van der Waals surface area (Å²) in [5.74, 6) is 0.361. The number of rotatable bonds is 4. The minimum atomic E-state index is -4.38. The molecule has 0 aliphatic carbocycles. The maximum absolute atomic E-state index is 12.5. The van der Waals surface area contributed by atoms with E-state index in [1.165, 1.54) is 12.1 Å². The highest BCUT2D eigenvalue weighted by Crippen LogP contribution is 2.30. The summed E-state index contributed by atoms with van der Waals surface area (Å²) < 4.78 is 37.5. The summed E-state index contributed by atoms with van der Waals surface area (Å²) >= 11 is 5.67. The van der Waals surface area contributed by atoms with Gasteiger partial charge < -0.3 is 4.90 Å². The van der Waals surface area contributed by atoms with E-state index in [0.29, 0.717) is 18.0 Å². The molecule has 1 fully saturated rings. The van der Waals surface area contributed by atoms with Crippen molar-refractivity contribution in [1.29, 1.82) is 0 Å². The first-order chi connectivity index (χ1) is 9.93. The molecule has 0 spiro atoms. The number of benzene rings is 1. The fourth-order valence-corrected chi connectivity index (χ4v) is 2.84. The Kier molecular flexibility index (Phi) is 5.14. The summed E-state index contributed by atoms with van der Waals surface area (Å²) in [4.78, 5) is 14.2. The van der Waals surface area contributed by atoms with E-state index in [4.69, 9.17) is 11.6 Å². The fourth-order valence-electron chi connectivity index (χ4n) is 2.68. The minimum absolute atomic E-state index is 0.151. The third-order valence-electron chi connectivity index (χ3n) is 3.77. The zero-order chi connectivity index (χ0) is 15.5. The summed E-state index contributed by atoms with van der Waals surface area (Å²) in [6, 6.07) is 4.57. The molecule has 21 heavy (non-hydrogen) atoms. The van der Waals surface area contributed by atoms with Crippen molar-refractivity contribution in [3.63, 3.8) is 0 Å². The largest absolute Gasteiger partial charge is 0.416 e. The van der Waals surface area contributed by atoms with E-state index in [0.717, 1.165) is 37.8 Å². The smallest absolute Gasteiger partial charge is 0.336 e. The van der Waals surface area contributed by atoms with Gasteiger partial charge in [-0.3, -0.25) is 4.79 Å². The highest BCUT2D eigenvalue weighted by molar-refractivity contribution is 6.17. The Hall–Kier alpha value is -1.23. The van der Waals surface area contributed by atoms with Crippen LogP contribution in [0.1, 0.15) is 41.6 Å². The van der Waals surface area contributed by atoms with Crippen LogP contribution < -0.4 is 0 Å². The van der Waals surface area contributed by atoms with Crippen LogP contribution in [0, 0.1) is 0 Å². The summed E-state index contributed by atoms with van der Waals surface area (Å²) in [6.07, 6.45) is -0.834. The van der Waals surface area contributed by atoms with Gasteiger partial charge in [0.15, 0.2) is 0 Å². The second kappa shape index (κ2) is 6.69. The van der Waals surface area contributed by atoms with Crippen molar-refractivity contribution in [2.45, 2.75) is 37.9 Å². The molecule has 1 aromatic carbocycles. The SMILES string of the molecule is O=C(c1ccc(C(F)(F)F)cc1)N1CCCC1CCCCl. The molecule has 0 bridgehead atoms. The van der Waals surface area contributed by atoms with Crippen LogP contribution in [0.15, 0.2) is 24.3 Å². The molecule has 1 amide bonds. The van der Waals surface area contributed by atoms with E-state index in [1.807, 2.05) is 0 Å². The van der Waals surface area contributed by atoms with Crippen molar-refractivity contribution < 1.29 is 18.0 Å². The zero-order valence-corrected chi connectivity index (χ0v) is 12.3. The number of amides is 1. The maximum Gasteiger partial charge on any atom is 0.416 e. The molecule has 1 saturated heterocycles. The van der Waals surface area contributed by atoms with E-state index >= 15 is 0 Å². The molecule has 6 heteroatoms. The van der Waals surface area contributed by atoms with Crippen molar-refractivity contribution in [3.05, 3.63) is 35.4 Å². The van der Waals surface area contributed by atoms with Crippen molar-refractivity contribution in [1.82, 2.24) is 4.90 Å². The average molecular weight is 320 g/mol. The summed E-state index contributed by atoms with van der Waals surface area (Å²) in [5.41, 5.74) is -0.431. The van der Waals surface area contributed by atoms with Crippen LogP contribution in [0.2, 0.25) is 0 Å². The Morgan fingerprint density at radius 3 is 2.52 bits per heavy atom. The topological polar surface area (TPSA) is 20.3 Å². The van der Waals surface area contributed by atoms with Crippen molar-refractivity contribution in [2.24, 2.45) is 0 Å². The van der Waals surface area contributed by atoms with Crippen LogP contribution in [-0.4, -0.2) is 29.3 Å². The van der Waals surface area contributed by atoms with Crippen LogP contribution in [0.3, 0.4) is 0 Å². The molecule has 0 N–H and O–H groups in total. The molecule has 116 valence electrons. The molecular formula is C15H17ClF3NO. The third-order valence-corrected chi connectivity index (χ3v) is 4.04. The summed E-state index contributed by atoms with van der Waals surface area (Å²) in [6.45, 7) is 0.660. The van der Waals surface area contributed by atoms with E-state index in [-0.39, 0.29) is 11.9 Å². The lowest BCUT2D eigenvalue weighted by atomic mass is 10.1. The summed E-state index contributed by atoms with van der Waals surface area (Å²) in [7, 11) is 0. The second-order valence-electron chi connectivity index (χ2n) is 5.20. The monoisotopic (exact) mass is 319 g/mol. The van der Waals surface area contributed by atoms with E-state index in [1.54, 1.807) is 4.90 Å². The normalized spacial score (nSPS) is 19.0. The molecule has 2 nitrogen and oxygen atoms in total. The van der Waals surface area contributed by atoms with Crippen molar-refractivity contribution in [2.75, 3.05) is 12.4 Å². The molecular weight excluding hydrogens is 303 g/mol. The van der Waals surface area contributed by atoms with Gasteiger partial charge in [-0.05, 0) is 49.9 Å². The van der Waals surface area contributed by atoms with Crippen LogP contribution in [0.4, 0.5) is 13.2 Å². The number of hydrogen-bond acceptors (Lipinski definition) is 1. The Morgan fingerprint density at radius 2 is 1.95 bits per heavy atom. The third kappa shape index (κ3) is 3.90. The van der Waals surface area contributed by atoms with Gasteiger partial charge in [-0.2, -0.15) is 13.2 Å². The predicted octanol–water partition coefficient (Wildman–Crippen LogP) is 4.33. The zero-order valence-electron chi connectivity index (χ0n) is 11.5. The highest BCUT2D eigenvalue weighted by atomic mass is 35.5. The predicted molar refractivity (Wildman–Crippen MR) is 75.5 cm³/mol. The van der Waals surface area contributed by atoms with E-state index in [2.05, 4.69) is 0 Å². The molecule has 0 aromatic heterocycles. The molecule has 1 atom stereocenters. The van der Waals surface area contributed by atoms with Gasteiger partial charge in [0, 0.05) is 24.0 Å². The first-order valence-corrected chi connectivity index (χ1v) is 7.51. The van der Waals surface area contributed by atoms with Crippen LogP contribution >= 0.6 is 11.6 Å². The van der Waals surface area contributed by atoms with E-state index < -0.39 is 11.7 Å². The number of alkyl halides is 4. The average Bonchev–Trinajstić information content (AvgIpc) is 2.92. The number of likely N-dealkylation sites (tertiary alicyclic amines) is 1. The van der Waals surface area contributed by atoms with Gasteiger partial charge >= 0.3 is 6.18 Å². The molecule has 1 heterocycles. The van der Waals surface area contributed by atoms with Crippen LogP contribution in [0.5, 0.6) is 0 Å². The molecule has 1 aromatic rings. The maximum atomic E-state index is 12.5. The van der Waals surface area contributed by atoms with Gasteiger partial charge in [-0.25, -0.2) is 0 Å². The Morgan fingerprint density at radius 1 is 1.29 bits per heavy atom. The van der Waals surface area contributed by atoms with Crippen LogP contribution in [-0.2, 0) is 6.18 Å². The lowest BCUT2D eigenvalue weighted by Crippen LogP contribution is -2.35. The Balaban J connectivity index is 2.08. The van der Waals surface area contributed by atoms with Gasteiger partial charge in [-0.15, -0.1) is 11.6 Å². The van der Waals surface area contributed by atoms with Gasteiger partial charge in [0.05, 0.1) is 5.56 Å². The van der Waals surface area contributed by atoms with Crippen molar-refractivity contribution in [3.8, 4) is 0 Å². The number of carbonyl (C=O) groups is 1. The molecule has 1 aliphatic rings. The minimum Gasteiger partial charge on any atom is -0.336 e. The molecule has 0 radical (unpaired) electrons. The van der Waals surface area contributed by atoms with Gasteiger partial charge in [0.2, 0.25) is 0 Å². The molecule has 1 unspecified atom stereocenters. The lowest BCUT2D eigenvalue weighted by Gasteiger charge is -2.24. The quantitative estimate of drug-likeness (QED) is 0.756. The number of carbonyl (C=O) groups excluding carboxylic acids is 1. The van der Waals surface area contributed by atoms with Crippen LogP contribution in [0.25, 0.3) is 0 Å².